The van der Waals surface area contributed by atoms with Crippen molar-refractivity contribution in [3.8, 4) is 5.75 Å². The summed E-state index contributed by atoms with van der Waals surface area (Å²) in [5.41, 5.74) is 0. The minimum atomic E-state index is -3.47. The molecule has 25 heavy (non-hydrogen) atoms. The van der Waals surface area contributed by atoms with E-state index in [2.05, 4.69) is 12.2 Å². The van der Waals surface area contributed by atoms with E-state index < -0.39 is 19.7 Å². The number of halogens is 1. The van der Waals surface area contributed by atoms with E-state index in [9.17, 15) is 16.8 Å². The second kappa shape index (κ2) is 9.21. The lowest BCUT2D eigenvalue weighted by molar-refractivity contribution is 0.258. The molecular formula is C16H26ClNO5S2. The van der Waals surface area contributed by atoms with Gasteiger partial charge in [0, 0.05) is 24.8 Å². The van der Waals surface area contributed by atoms with E-state index in [1.807, 2.05) is 0 Å². The summed E-state index contributed by atoms with van der Waals surface area (Å²) in [6.45, 7) is 3.69. The van der Waals surface area contributed by atoms with Crippen LogP contribution < -0.4 is 10.1 Å². The van der Waals surface area contributed by atoms with Crippen LogP contribution in [0.25, 0.3) is 0 Å². The summed E-state index contributed by atoms with van der Waals surface area (Å²) >= 11 is 0. The maximum atomic E-state index is 12.2. The third-order valence-electron chi connectivity index (χ3n) is 4.04. The van der Waals surface area contributed by atoms with Crippen LogP contribution in [0.3, 0.4) is 0 Å². The van der Waals surface area contributed by atoms with Gasteiger partial charge in [-0.25, -0.2) is 16.8 Å². The van der Waals surface area contributed by atoms with Gasteiger partial charge in [0.05, 0.1) is 23.0 Å². The second-order valence-corrected chi connectivity index (χ2v) is 10.9. The van der Waals surface area contributed by atoms with Crippen LogP contribution in [0.1, 0.15) is 19.8 Å². The van der Waals surface area contributed by atoms with Crippen molar-refractivity contribution in [2.45, 2.75) is 30.7 Å². The zero-order valence-electron chi connectivity index (χ0n) is 14.5. The van der Waals surface area contributed by atoms with Crippen LogP contribution in [-0.2, 0) is 19.7 Å². The van der Waals surface area contributed by atoms with Gasteiger partial charge in [-0.3, -0.25) is 0 Å². The Labute approximate surface area is 156 Å². The average molecular weight is 412 g/mol. The fourth-order valence-electron chi connectivity index (χ4n) is 2.75. The standard InChI is InChI=1S/C16H25NO5S2.ClH/c1-13-10-14(11-17-13)12-22-15-4-6-16(7-5-15)24(20,21)9-3-8-23(2,18)19;/h4-7,13-14,17H,3,8-12H2,1-2H3;1H/t13-,14+;/m1./s1. The molecule has 1 fully saturated rings. The number of sulfone groups is 2. The monoisotopic (exact) mass is 411 g/mol. The van der Waals surface area contributed by atoms with Gasteiger partial charge in [0.25, 0.3) is 0 Å². The molecule has 0 unspecified atom stereocenters. The van der Waals surface area contributed by atoms with Crippen molar-refractivity contribution < 1.29 is 21.6 Å². The van der Waals surface area contributed by atoms with E-state index in [1.54, 1.807) is 12.1 Å². The molecular weight excluding hydrogens is 386 g/mol. The van der Waals surface area contributed by atoms with Crippen molar-refractivity contribution in [2.24, 2.45) is 5.92 Å². The fraction of sp³-hybridized carbons (Fsp3) is 0.625. The second-order valence-electron chi connectivity index (χ2n) is 6.50. The van der Waals surface area contributed by atoms with E-state index in [-0.39, 0.29) is 35.2 Å². The largest absolute Gasteiger partial charge is 0.493 e. The summed E-state index contributed by atoms with van der Waals surface area (Å²) < 4.78 is 52.3. The van der Waals surface area contributed by atoms with Crippen LogP contribution in [0.4, 0.5) is 0 Å². The Morgan fingerprint density at radius 2 is 1.76 bits per heavy atom. The molecule has 0 bridgehead atoms. The number of benzene rings is 1. The van der Waals surface area contributed by atoms with Gasteiger partial charge >= 0.3 is 0 Å². The molecule has 9 heteroatoms. The van der Waals surface area contributed by atoms with E-state index in [0.29, 0.717) is 24.3 Å². The van der Waals surface area contributed by atoms with Gasteiger partial charge in [-0.05, 0) is 44.0 Å². The molecule has 2 rings (SSSR count). The van der Waals surface area contributed by atoms with Crippen molar-refractivity contribution in [2.75, 3.05) is 30.9 Å². The Morgan fingerprint density at radius 3 is 2.28 bits per heavy atom. The fourth-order valence-corrected chi connectivity index (χ4v) is 4.91. The molecule has 1 heterocycles. The number of hydrogen-bond acceptors (Lipinski definition) is 6. The summed E-state index contributed by atoms with van der Waals surface area (Å²) in [5, 5.41) is 3.36. The maximum absolute atomic E-state index is 12.2. The van der Waals surface area contributed by atoms with E-state index in [1.165, 1.54) is 12.1 Å². The van der Waals surface area contributed by atoms with Gasteiger partial charge in [-0.2, -0.15) is 0 Å². The van der Waals surface area contributed by atoms with Crippen LogP contribution in [0.5, 0.6) is 5.75 Å². The highest BCUT2D eigenvalue weighted by Crippen LogP contribution is 2.20. The molecule has 1 N–H and O–H groups in total. The number of hydrogen-bond donors (Lipinski definition) is 1. The normalized spacial score (nSPS) is 20.9. The molecule has 1 aromatic carbocycles. The van der Waals surface area contributed by atoms with Gasteiger partial charge in [0.2, 0.25) is 0 Å². The van der Waals surface area contributed by atoms with Crippen molar-refractivity contribution in [1.29, 1.82) is 0 Å². The summed E-state index contributed by atoms with van der Waals surface area (Å²) in [5.74, 6) is 0.816. The Kier molecular flexibility index (Phi) is 8.18. The lowest BCUT2D eigenvalue weighted by atomic mass is 10.1. The van der Waals surface area contributed by atoms with Crippen molar-refractivity contribution in [3.05, 3.63) is 24.3 Å². The first-order valence-electron chi connectivity index (χ1n) is 8.02. The third-order valence-corrected chi connectivity index (χ3v) is 6.89. The summed E-state index contributed by atoms with van der Waals surface area (Å²) in [7, 11) is -6.61. The van der Waals surface area contributed by atoms with Crippen LogP contribution in [0.2, 0.25) is 0 Å². The Morgan fingerprint density at radius 1 is 1.12 bits per heavy atom. The van der Waals surface area contributed by atoms with Gasteiger partial charge in [-0.1, -0.05) is 0 Å². The quantitative estimate of drug-likeness (QED) is 0.700. The predicted octanol–water partition coefficient (Wildman–Crippen LogP) is 1.69. The maximum Gasteiger partial charge on any atom is 0.178 e. The highest BCUT2D eigenvalue weighted by atomic mass is 35.5. The summed E-state index contributed by atoms with van der Waals surface area (Å²) in [6.07, 6.45) is 2.28. The molecule has 1 aliphatic heterocycles. The smallest absolute Gasteiger partial charge is 0.178 e. The molecule has 0 aliphatic carbocycles. The number of nitrogens with one attached hydrogen (secondary N) is 1. The Bertz CT molecular complexity index is 747. The van der Waals surface area contributed by atoms with Gasteiger partial charge in [0.1, 0.15) is 15.6 Å². The first-order valence-corrected chi connectivity index (χ1v) is 11.7. The highest BCUT2D eigenvalue weighted by molar-refractivity contribution is 7.92. The predicted molar refractivity (Wildman–Crippen MR) is 101 cm³/mol. The number of ether oxygens (including phenoxy) is 1. The Balaban J connectivity index is 0.00000312. The van der Waals surface area contributed by atoms with Crippen molar-refractivity contribution in [3.63, 3.8) is 0 Å². The minimum absolute atomic E-state index is 0. The molecule has 2 atom stereocenters. The summed E-state index contributed by atoms with van der Waals surface area (Å²) in [4.78, 5) is 0.194. The molecule has 0 spiro atoms. The van der Waals surface area contributed by atoms with Crippen LogP contribution in [0, 0.1) is 5.92 Å². The van der Waals surface area contributed by atoms with Gasteiger partial charge in [0.15, 0.2) is 9.84 Å². The highest BCUT2D eigenvalue weighted by Gasteiger charge is 2.21. The van der Waals surface area contributed by atoms with Gasteiger partial charge in [-0.15, -0.1) is 12.4 Å². The third kappa shape index (κ3) is 7.52. The molecule has 0 radical (unpaired) electrons. The topological polar surface area (TPSA) is 89.5 Å². The lowest BCUT2D eigenvalue weighted by Crippen LogP contribution is -2.18. The zero-order valence-corrected chi connectivity index (χ0v) is 16.9. The van der Waals surface area contributed by atoms with Crippen LogP contribution in [-0.4, -0.2) is 53.8 Å². The number of rotatable bonds is 8. The van der Waals surface area contributed by atoms with Crippen LogP contribution in [0.15, 0.2) is 29.2 Å². The molecule has 0 amide bonds. The molecule has 1 saturated heterocycles. The summed E-state index contributed by atoms with van der Waals surface area (Å²) in [6, 6.07) is 6.84. The van der Waals surface area contributed by atoms with Gasteiger partial charge < -0.3 is 10.1 Å². The van der Waals surface area contributed by atoms with Crippen molar-refractivity contribution in [1.82, 2.24) is 5.32 Å². The van der Waals surface area contributed by atoms with E-state index in [0.717, 1.165) is 19.2 Å². The van der Waals surface area contributed by atoms with Crippen LogP contribution >= 0.6 is 12.4 Å². The molecule has 1 aliphatic rings. The van der Waals surface area contributed by atoms with Crippen molar-refractivity contribution >= 4 is 32.1 Å². The van der Waals surface area contributed by atoms with E-state index >= 15 is 0 Å². The molecule has 6 nitrogen and oxygen atoms in total. The molecule has 0 aromatic heterocycles. The zero-order chi connectivity index (χ0) is 17.8. The molecule has 1 aromatic rings. The SMILES string of the molecule is C[C@@H]1C[C@H](COc2ccc(S(=O)(=O)CCCS(C)(=O)=O)cc2)CN1.Cl. The Hall–Kier alpha value is -0.830. The average Bonchev–Trinajstić information content (AvgIpc) is 2.89. The minimum Gasteiger partial charge on any atom is -0.493 e. The lowest BCUT2D eigenvalue weighted by Gasteiger charge is -2.11. The first-order chi connectivity index (χ1) is 11.2. The molecule has 144 valence electrons. The van der Waals surface area contributed by atoms with E-state index in [4.69, 9.17) is 4.74 Å². The molecule has 0 saturated carbocycles. The first kappa shape index (κ1) is 22.2.